The number of halogens is 1. The van der Waals surface area contributed by atoms with Gasteiger partial charge in [0.25, 0.3) is 0 Å². The average Bonchev–Trinajstić information content (AvgIpc) is 3.30. The maximum atomic E-state index is 12.9. The lowest BCUT2D eigenvalue weighted by Gasteiger charge is -2.41. The normalized spacial score (nSPS) is 19.5. The molecule has 1 saturated carbocycles. The predicted molar refractivity (Wildman–Crippen MR) is 129 cm³/mol. The second-order valence-corrected chi connectivity index (χ2v) is 9.77. The topological polar surface area (TPSA) is 93.2 Å². The first-order chi connectivity index (χ1) is 15.7. The minimum atomic E-state index is -1.07. The zero-order valence-electron chi connectivity index (χ0n) is 19.8. The van der Waals surface area contributed by atoms with E-state index in [0.717, 1.165) is 61.3 Å². The lowest BCUT2D eigenvalue weighted by atomic mass is 10.0. The van der Waals surface area contributed by atoms with Crippen LogP contribution in [0, 0.1) is 12.8 Å². The van der Waals surface area contributed by atoms with E-state index in [-0.39, 0.29) is 30.8 Å². The van der Waals surface area contributed by atoms with Crippen molar-refractivity contribution in [3.05, 3.63) is 28.3 Å². The van der Waals surface area contributed by atoms with Gasteiger partial charge < -0.3 is 20.2 Å². The van der Waals surface area contributed by atoms with E-state index >= 15 is 0 Å². The van der Waals surface area contributed by atoms with Crippen molar-refractivity contribution >= 4 is 35.2 Å². The van der Waals surface area contributed by atoms with Crippen LogP contribution in [0.3, 0.4) is 0 Å². The first-order valence-electron chi connectivity index (χ1n) is 11.7. The summed E-state index contributed by atoms with van der Waals surface area (Å²) in [5.41, 5.74) is 2.61. The number of nitrogens with one attached hydrogen (secondary N) is 1. The summed E-state index contributed by atoms with van der Waals surface area (Å²) in [5.74, 6) is 0.264. The van der Waals surface area contributed by atoms with Crippen LogP contribution in [0.2, 0.25) is 5.02 Å². The second kappa shape index (κ2) is 11.2. The Morgan fingerprint density at radius 2 is 1.91 bits per heavy atom. The number of amides is 3. The van der Waals surface area contributed by atoms with Gasteiger partial charge in [-0.15, -0.1) is 0 Å². The third kappa shape index (κ3) is 6.60. The van der Waals surface area contributed by atoms with Crippen LogP contribution in [0.4, 0.5) is 10.5 Å². The summed E-state index contributed by atoms with van der Waals surface area (Å²) in [5, 5.41) is 12.3. The van der Waals surface area contributed by atoms with Crippen molar-refractivity contribution in [3.63, 3.8) is 0 Å². The van der Waals surface area contributed by atoms with Crippen LogP contribution in [-0.2, 0) is 16.1 Å². The van der Waals surface area contributed by atoms with Gasteiger partial charge in [0.05, 0.1) is 0 Å². The molecular formula is C24H35ClN4O4. The lowest BCUT2D eigenvalue weighted by Crippen LogP contribution is -2.54. The Morgan fingerprint density at radius 1 is 1.21 bits per heavy atom. The molecule has 0 bridgehead atoms. The van der Waals surface area contributed by atoms with E-state index < -0.39 is 6.09 Å². The van der Waals surface area contributed by atoms with Gasteiger partial charge in [-0.1, -0.05) is 24.4 Å². The van der Waals surface area contributed by atoms with Gasteiger partial charge in [0, 0.05) is 68.9 Å². The first-order valence-corrected chi connectivity index (χ1v) is 12.1. The molecule has 182 valence electrons. The highest BCUT2D eigenvalue weighted by Crippen LogP contribution is 2.29. The number of hydrogen-bond acceptors (Lipinski definition) is 4. The number of piperazine rings is 1. The Morgan fingerprint density at radius 3 is 2.55 bits per heavy atom. The largest absolute Gasteiger partial charge is 0.465 e. The molecule has 0 aromatic heterocycles. The molecule has 8 nitrogen and oxygen atoms in total. The molecule has 1 aromatic rings. The van der Waals surface area contributed by atoms with Crippen molar-refractivity contribution < 1.29 is 19.5 Å². The van der Waals surface area contributed by atoms with Gasteiger partial charge in [-0.2, -0.15) is 0 Å². The number of hydrogen-bond donors (Lipinski definition) is 2. The van der Waals surface area contributed by atoms with E-state index in [2.05, 4.69) is 22.0 Å². The molecule has 1 unspecified atom stereocenters. The smallest absolute Gasteiger partial charge is 0.407 e. The quantitative estimate of drug-likeness (QED) is 0.621. The first kappa shape index (κ1) is 25.3. The highest BCUT2D eigenvalue weighted by Gasteiger charge is 2.33. The van der Waals surface area contributed by atoms with Crippen LogP contribution in [0.25, 0.3) is 0 Å². The minimum Gasteiger partial charge on any atom is -0.465 e. The van der Waals surface area contributed by atoms with Crippen LogP contribution >= 0.6 is 11.6 Å². The number of benzene rings is 1. The van der Waals surface area contributed by atoms with Crippen LogP contribution in [0.5, 0.6) is 0 Å². The molecule has 3 amide bonds. The van der Waals surface area contributed by atoms with Gasteiger partial charge in [0.2, 0.25) is 11.8 Å². The number of carbonyl (C=O) groups is 3. The van der Waals surface area contributed by atoms with E-state index in [1.807, 2.05) is 13.0 Å². The summed E-state index contributed by atoms with van der Waals surface area (Å²) in [4.78, 5) is 41.6. The SMILES string of the molecule is Cc1c(CN2CCN(C(=O)C3CCCC3)C(C)C2)cc(Cl)cc1NC(=O)CCN(C)C(=O)O. The number of nitrogens with zero attached hydrogens (tertiary/aromatic N) is 3. The van der Waals surface area contributed by atoms with Crippen molar-refractivity contribution in [2.24, 2.45) is 5.92 Å². The van der Waals surface area contributed by atoms with E-state index in [0.29, 0.717) is 23.2 Å². The number of carbonyl (C=O) groups excluding carboxylic acids is 2. The maximum absolute atomic E-state index is 12.9. The van der Waals surface area contributed by atoms with Gasteiger partial charge in [-0.05, 0) is 49.9 Å². The molecule has 0 spiro atoms. The Bertz CT molecular complexity index is 887. The van der Waals surface area contributed by atoms with E-state index in [1.54, 1.807) is 6.07 Å². The summed E-state index contributed by atoms with van der Waals surface area (Å²) >= 11 is 6.35. The monoisotopic (exact) mass is 478 g/mol. The fourth-order valence-electron chi connectivity index (χ4n) is 4.76. The third-order valence-electron chi connectivity index (χ3n) is 6.85. The molecule has 9 heteroatoms. The lowest BCUT2D eigenvalue weighted by molar-refractivity contribution is -0.140. The fraction of sp³-hybridized carbons (Fsp3) is 0.625. The highest BCUT2D eigenvalue weighted by atomic mass is 35.5. The zero-order valence-corrected chi connectivity index (χ0v) is 20.5. The Kier molecular flexibility index (Phi) is 8.59. The summed E-state index contributed by atoms with van der Waals surface area (Å²) in [6.45, 7) is 7.21. The molecule has 1 saturated heterocycles. The van der Waals surface area contributed by atoms with Gasteiger partial charge >= 0.3 is 6.09 Å². The maximum Gasteiger partial charge on any atom is 0.407 e. The van der Waals surface area contributed by atoms with E-state index in [9.17, 15) is 14.4 Å². The zero-order chi connectivity index (χ0) is 24.1. The molecular weight excluding hydrogens is 444 g/mol. The molecule has 1 aliphatic heterocycles. The molecule has 33 heavy (non-hydrogen) atoms. The molecule has 1 aromatic carbocycles. The Balaban J connectivity index is 1.60. The fourth-order valence-corrected chi connectivity index (χ4v) is 5.00. The van der Waals surface area contributed by atoms with E-state index in [1.165, 1.54) is 7.05 Å². The van der Waals surface area contributed by atoms with Gasteiger partial charge in [0.15, 0.2) is 0 Å². The van der Waals surface area contributed by atoms with Gasteiger partial charge in [-0.25, -0.2) is 4.79 Å². The molecule has 0 radical (unpaired) electrons. The van der Waals surface area contributed by atoms with Crippen LogP contribution in [0.15, 0.2) is 12.1 Å². The van der Waals surface area contributed by atoms with Crippen LogP contribution in [0.1, 0.15) is 50.2 Å². The van der Waals surface area contributed by atoms with E-state index in [4.69, 9.17) is 16.7 Å². The van der Waals surface area contributed by atoms with Crippen molar-refractivity contribution in [2.75, 3.05) is 38.5 Å². The van der Waals surface area contributed by atoms with Crippen LogP contribution < -0.4 is 5.32 Å². The molecule has 2 N–H and O–H groups in total. The molecule has 2 aliphatic rings. The Hall–Kier alpha value is -2.32. The molecule has 1 atom stereocenters. The number of carboxylic acid groups (broad SMARTS) is 1. The highest BCUT2D eigenvalue weighted by molar-refractivity contribution is 6.31. The Labute approximate surface area is 200 Å². The average molecular weight is 479 g/mol. The molecule has 2 fully saturated rings. The standard InChI is InChI=1S/C24H35ClN4O4/c1-16-14-28(10-11-29(16)23(31)18-6-4-5-7-18)15-19-12-20(25)13-21(17(19)2)26-22(30)8-9-27(3)24(32)33/h12-13,16,18H,4-11,14-15H2,1-3H3,(H,26,30)(H,32,33). The molecule has 3 rings (SSSR count). The van der Waals surface area contributed by atoms with Crippen molar-refractivity contribution in [2.45, 2.75) is 58.5 Å². The van der Waals surface area contributed by atoms with Crippen molar-refractivity contribution in [1.82, 2.24) is 14.7 Å². The minimum absolute atomic E-state index is 0.0680. The molecule has 1 heterocycles. The number of rotatable bonds is 7. The predicted octanol–water partition coefficient (Wildman–Crippen LogP) is 3.81. The molecule has 1 aliphatic carbocycles. The van der Waals surface area contributed by atoms with Gasteiger partial charge in [-0.3, -0.25) is 14.5 Å². The summed E-state index contributed by atoms with van der Waals surface area (Å²) < 4.78 is 0. The second-order valence-electron chi connectivity index (χ2n) is 9.34. The third-order valence-corrected chi connectivity index (χ3v) is 7.07. The van der Waals surface area contributed by atoms with Crippen LogP contribution in [-0.4, -0.2) is 77.0 Å². The summed E-state index contributed by atoms with van der Waals surface area (Å²) in [6, 6.07) is 3.81. The van der Waals surface area contributed by atoms with Crippen molar-refractivity contribution in [1.29, 1.82) is 0 Å². The number of anilines is 1. The summed E-state index contributed by atoms with van der Waals surface area (Å²) in [6.07, 6.45) is 3.37. The van der Waals surface area contributed by atoms with Gasteiger partial charge in [0.1, 0.15) is 0 Å². The van der Waals surface area contributed by atoms with Crippen molar-refractivity contribution in [3.8, 4) is 0 Å². The summed E-state index contributed by atoms with van der Waals surface area (Å²) in [7, 11) is 1.43.